The summed E-state index contributed by atoms with van der Waals surface area (Å²) in [5, 5.41) is 3.06. The van der Waals surface area contributed by atoms with Crippen LogP contribution in [0.4, 0.5) is 14.5 Å². The Kier molecular flexibility index (Phi) is 6.30. The van der Waals surface area contributed by atoms with E-state index in [1.165, 1.54) is 36.0 Å². The van der Waals surface area contributed by atoms with Crippen molar-refractivity contribution >= 4 is 23.4 Å². The highest BCUT2D eigenvalue weighted by molar-refractivity contribution is 8.00. The number of carbonyl (C=O) groups is 1. The van der Waals surface area contributed by atoms with Gasteiger partial charge in [0.1, 0.15) is 5.75 Å². The van der Waals surface area contributed by atoms with Gasteiger partial charge < -0.3 is 10.1 Å². The minimum absolute atomic E-state index is 0.0377. The number of nitrogens with zero attached hydrogens (tertiary/aromatic N) is 2. The summed E-state index contributed by atoms with van der Waals surface area (Å²) in [6.45, 7) is 0.917. The average molecular weight is 403 g/mol. The molecule has 1 aromatic heterocycles. The maximum atomic E-state index is 12.5. The molecule has 8 heteroatoms. The average Bonchev–Trinajstić information content (AvgIpc) is 3.11. The Morgan fingerprint density at radius 3 is 2.57 bits per heavy atom. The maximum Gasteiger partial charge on any atom is 0.387 e. The van der Waals surface area contributed by atoms with Gasteiger partial charge in [0.05, 0.1) is 10.9 Å². The van der Waals surface area contributed by atoms with Gasteiger partial charge in [-0.15, -0.1) is 0 Å². The highest BCUT2D eigenvalue weighted by Gasteiger charge is 2.18. The number of anilines is 1. The Balaban J connectivity index is 1.65. The largest absolute Gasteiger partial charge is 0.435 e. The van der Waals surface area contributed by atoms with Crippen LogP contribution in [0, 0.1) is 6.92 Å². The van der Waals surface area contributed by atoms with Crippen LogP contribution in [0.2, 0.25) is 0 Å². The molecule has 146 valence electrons. The molecular formula is C20H19F2N3O2S. The summed E-state index contributed by atoms with van der Waals surface area (Å²) in [6.07, 6.45) is 3.55. The standard InChI is InChI=1S/C20H19F2N3O2S/c1-13-5-3-4-6-17(13)25-12-11-23-20(25)28-14(2)18(26)24-15-7-9-16(10-8-15)27-19(21)22/h3-12,14,19H,1-2H3,(H,24,26). The predicted octanol–water partition coefficient (Wildman–Crippen LogP) is 4.90. The molecule has 0 aliphatic heterocycles. The molecule has 1 atom stereocenters. The third-order valence-electron chi connectivity index (χ3n) is 3.98. The van der Waals surface area contributed by atoms with Crippen molar-refractivity contribution in [2.24, 2.45) is 0 Å². The van der Waals surface area contributed by atoms with Gasteiger partial charge in [-0.05, 0) is 49.7 Å². The smallest absolute Gasteiger partial charge is 0.387 e. The summed E-state index contributed by atoms with van der Waals surface area (Å²) in [5.41, 5.74) is 2.61. The summed E-state index contributed by atoms with van der Waals surface area (Å²) in [5.74, 6) is -0.178. The molecule has 1 amide bonds. The third kappa shape index (κ3) is 4.89. The zero-order valence-electron chi connectivity index (χ0n) is 15.3. The molecule has 0 aliphatic carbocycles. The van der Waals surface area contributed by atoms with Crippen LogP contribution in [-0.2, 0) is 4.79 Å². The number of hydrogen-bond acceptors (Lipinski definition) is 4. The number of halogens is 2. The van der Waals surface area contributed by atoms with Crippen LogP contribution < -0.4 is 10.1 Å². The van der Waals surface area contributed by atoms with Gasteiger partial charge in [-0.2, -0.15) is 8.78 Å². The first-order valence-corrected chi connectivity index (χ1v) is 9.44. The van der Waals surface area contributed by atoms with Gasteiger partial charge >= 0.3 is 6.61 Å². The fraction of sp³-hybridized carbons (Fsp3) is 0.200. The molecule has 0 bridgehead atoms. The molecule has 2 aromatic carbocycles. The second kappa shape index (κ2) is 8.88. The molecule has 3 aromatic rings. The molecule has 0 radical (unpaired) electrons. The monoisotopic (exact) mass is 403 g/mol. The van der Waals surface area contributed by atoms with Crippen molar-refractivity contribution < 1.29 is 18.3 Å². The van der Waals surface area contributed by atoms with E-state index < -0.39 is 11.9 Å². The Morgan fingerprint density at radius 1 is 1.18 bits per heavy atom. The number of alkyl halides is 2. The summed E-state index contributed by atoms with van der Waals surface area (Å²) < 4.78 is 30.6. The van der Waals surface area contributed by atoms with Gasteiger partial charge in [0, 0.05) is 18.1 Å². The van der Waals surface area contributed by atoms with E-state index in [1.54, 1.807) is 13.1 Å². The van der Waals surface area contributed by atoms with E-state index in [1.807, 2.05) is 42.0 Å². The molecule has 1 heterocycles. The number of hydrogen-bond donors (Lipinski definition) is 1. The summed E-state index contributed by atoms with van der Waals surface area (Å²) in [4.78, 5) is 16.9. The zero-order chi connectivity index (χ0) is 20.1. The minimum Gasteiger partial charge on any atom is -0.435 e. The van der Waals surface area contributed by atoms with Crippen LogP contribution in [0.1, 0.15) is 12.5 Å². The van der Waals surface area contributed by atoms with E-state index >= 15 is 0 Å². The number of benzene rings is 2. The quantitative estimate of drug-likeness (QED) is 0.570. The molecule has 3 rings (SSSR count). The molecule has 1 unspecified atom stereocenters. The Hall–Kier alpha value is -2.87. The van der Waals surface area contributed by atoms with E-state index in [9.17, 15) is 13.6 Å². The molecular weight excluding hydrogens is 384 g/mol. The number of rotatable bonds is 7. The zero-order valence-corrected chi connectivity index (χ0v) is 16.1. The Bertz CT molecular complexity index is 945. The number of nitrogens with one attached hydrogen (secondary N) is 1. The lowest BCUT2D eigenvalue weighted by atomic mass is 10.2. The molecule has 0 aliphatic rings. The summed E-state index contributed by atoms with van der Waals surface area (Å²) >= 11 is 1.34. The Morgan fingerprint density at radius 2 is 1.89 bits per heavy atom. The summed E-state index contributed by atoms with van der Waals surface area (Å²) in [7, 11) is 0. The third-order valence-corrected chi connectivity index (χ3v) is 5.06. The van der Waals surface area contributed by atoms with Gasteiger partial charge in [0.15, 0.2) is 5.16 Å². The van der Waals surface area contributed by atoms with Crippen LogP contribution in [0.15, 0.2) is 66.1 Å². The molecule has 0 spiro atoms. The van der Waals surface area contributed by atoms with Crippen molar-refractivity contribution in [3.63, 3.8) is 0 Å². The van der Waals surface area contributed by atoms with Crippen molar-refractivity contribution in [3.8, 4) is 11.4 Å². The highest BCUT2D eigenvalue weighted by atomic mass is 32.2. The number of carbonyl (C=O) groups excluding carboxylic acids is 1. The van der Waals surface area contributed by atoms with Crippen molar-refractivity contribution in [1.82, 2.24) is 9.55 Å². The number of ether oxygens (including phenoxy) is 1. The number of aryl methyl sites for hydroxylation is 1. The second-order valence-corrected chi connectivity index (χ2v) is 7.33. The molecule has 28 heavy (non-hydrogen) atoms. The van der Waals surface area contributed by atoms with E-state index in [0.717, 1.165) is 11.3 Å². The van der Waals surface area contributed by atoms with Crippen molar-refractivity contribution in [1.29, 1.82) is 0 Å². The van der Waals surface area contributed by atoms with Crippen LogP contribution in [0.3, 0.4) is 0 Å². The van der Waals surface area contributed by atoms with Gasteiger partial charge in [-0.1, -0.05) is 30.0 Å². The number of aromatic nitrogens is 2. The maximum absolute atomic E-state index is 12.5. The van der Waals surface area contributed by atoms with E-state index in [2.05, 4.69) is 15.0 Å². The lowest BCUT2D eigenvalue weighted by Gasteiger charge is -2.14. The van der Waals surface area contributed by atoms with E-state index in [-0.39, 0.29) is 11.7 Å². The molecule has 0 saturated carbocycles. The van der Waals surface area contributed by atoms with Gasteiger partial charge in [0.2, 0.25) is 5.91 Å². The summed E-state index contributed by atoms with van der Waals surface area (Å²) in [6, 6.07) is 13.7. The van der Waals surface area contributed by atoms with Crippen LogP contribution >= 0.6 is 11.8 Å². The fourth-order valence-electron chi connectivity index (χ4n) is 2.57. The van der Waals surface area contributed by atoms with E-state index in [0.29, 0.717) is 10.8 Å². The van der Waals surface area contributed by atoms with Crippen molar-refractivity contribution in [3.05, 3.63) is 66.5 Å². The highest BCUT2D eigenvalue weighted by Crippen LogP contribution is 2.27. The van der Waals surface area contributed by atoms with Crippen LogP contribution in [0.25, 0.3) is 5.69 Å². The Labute approximate surface area is 165 Å². The molecule has 0 fully saturated rings. The van der Waals surface area contributed by atoms with Crippen molar-refractivity contribution in [2.45, 2.75) is 30.9 Å². The fourth-order valence-corrected chi connectivity index (χ4v) is 3.45. The van der Waals surface area contributed by atoms with Crippen molar-refractivity contribution in [2.75, 3.05) is 5.32 Å². The number of imidazole rings is 1. The van der Waals surface area contributed by atoms with E-state index in [4.69, 9.17) is 0 Å². The number of para-hydroxylation sites is 1. The normalized spacial score (nSPS) is 12.0. The second-order valence-electron chi connectivity index (χ2n) is 6.02. The molecule has 1 N–H and O–H groups in total. The molecule has 5 nitrogen and oxygen atoms in total. The lowest BCUT2D eigenvalue weighted by molar-refractivity contribution is -0.115. The molecule has 0 saturated heterocycles. The topological polar surface area (TPSA) is 56.2 Å². The van der Waals surface area contributed by atoms with Gasteiger partial charge in [-0.25, -0.2) is 4.98 Å². The minimum atomic E-state index is -2.88. The van der Waals surface area contributed by atoms with Crippen LogP contribution in [-0.4, -0.2) is 27.3 Å². The lowest BCUT2D eigenvalue weighted by Crippen LogP contribution is -2.22. The van der Waals surface area contributed by atoms with Crippen LogP contribution in [0.5, 0.6) is 5.75 Å². The SMILES string of the molecule is Cc1ccccc1-n1ccnc1SC(C)C(=O)Nc1ccc(OC(F)F)cc1. The first-order chi connectivity index (χ1) is 13.4. The number of amides is 1. The van der Waals surface area contributed by atoms with Gasteiger partial charge in [-0.3, -0.25) is 9.36 Å². The number of thioether (sulfide) groups is 1. The first-order valence-electron chi connectivity index (χ1n) is 8.56. The van der Waals surface area contributed by atoms with Gasteiger partial charge in [0.25, 0.3) is 0 Å². The first kappa shape index (κ1) is 19.9. The predicted molar refractivity (Wildman–Crippen MR) is 105 cm³/mol.